The van der Waals surface area contributed by atoms with E-state index in [4.69, 9.17) is 4.74 Å². The van der Waals surface area contributed by atoms with E-state index in [1.54, 1.807) is 0 Å². The first-order chi connectivity index (χ1) is 27.5. The van der Waals surface area contributed by atoms with Crippen LogP contribution in [0.25, 0.3) is 0 Å². The molecule has 0 aromatic carbocycles. The molecular formula is C50H95NO5. The second-order valence-corrected chi connectivity index (χ2v) is 16.9. The zero-order valence-electron chi connectivity index (χ0n) is 37.5. The molecule has 0 saturated heterocycles. The molecule has 0 bridgehead atoms. The fraction of sp³-hybridized carbons (Fsp3) is 0.880. The van der Waals surface area contributed by atoms with Gasteiger partial charge in [0.15, 0.2) is 0 Å². The van der Waals surface area contributed by atoms with Gasteiger partial charge in [0, 0.05) is 6.42 Å². The van der Waals surface area contributed by atoms with Crippen LogP contribution in [0.2, 0.25) is 0 Å². The maximum atomic E-state index is 13.1. The topological polar surface area (TPSA) is 95.9 Å². The number of nitrogens with one attached hydrogen (secondary N) is 1. The Hall–Kier alpha value is -1.66. The number of unbranched alkanes of at least 4 members (excludes halogenated alkanes) is 28. The molecule has 0 heterocycles. The number of rotatable bonds is 44. The van der Waals surface area contributed by atoms with Gasteiger partial charge in [-0.15, -0.1) is 0 Å². The number of carbonyl (C=O) groups excluding carboxylic acids is 2. The lowest BCUT2D eigenvalue weighted by atomic mass is 10.0. The largest absolute Gasteiger partial charge is 0.462 e. The summed E-state index contributed by atoms with van der Waals surface area (Å²) in [4.78, 5) is 26.0. The molecule has 330 valence electrons. The smallest absolute Gasteiger partial charge is 0.306 e. The Labute approximate surface area is 348 Å². The molecule has 3 unspecified atom stereocenters. The number of ether oxygens (including phenoxy) is 1. The van der Waals surface area contributed by atoms with Crippen LogP contribution in [0.3, 0.4) is 0 Å². The summed E-state index contributed by atoms with van der Waals surface area (Å²) in [6.07, 6.45) is 49.6. The quantitative estimate of drug-likeness (QED) is 0.0324. The number of esters is 1. The summed E-state index contributed by atoms with van der Waals surface area (Å²) in [6, 6.07) is -0.704. The van der Waals surface area contributed by atoms with E-state index in [1.807, 2.05) is 0 Å². The van der Waals surface area contributed by atoms with Gasteiger partial charge >= 0.3 is 5.97 Å². The molecule has 0 aromatic rings. The predicted octanol–water partition coefficient (Wildman–Crippen LogP) is 14.3. The highest BCUT2D eigenvalue weighted by atomic mass is 16.5. The molecule has 0 aromatic heterocycles. The number of hydrogen-bond donors (Lipinski definition) is 3. The van der Waals surface area contributed by atoms with Crippen LogP contribution in [-0.4, -0.2) is 46.9 Å². The van der Waals surface area contributed by atoms with Crippen LogP contribution in [0.5, 0.6) is 0 Å². The Kier molecular flexibility index (Phi) is 43.1. The fourth-order valence-corrected chi connectivity index (χ4v) is 7.46. The highest BCUT2D eigenvalue weighted by Gasteiger charge is 2.24. The predicted molar refractivity (Wildman–Crippen MR) is 241 cm³/mol. The van der Waals surface area contributed by atoms with Gasteiger partial charge in [-0.3, -0.25) is 9.59 Å². The summed E-state index contributed by atoms with van der Waals surface area (Å²) < 4.78 is 5.89. The van der Waals surface area contributed by atoms with E-state index in [2.05, 4.69) is 50.4 Å². The number of hydrogen-bond acceptors (Lipinski definition) is 5. The fourth-order valence-electron chi connectivity index (χ4n) is 7.46. The summed E-state index contributed by atoms with van der Waals surface area (Å²) in [5.74, 6) is -0.503. The van der Waals surface area contributed by atoms with Crippen LogP contribution in [0.4, 0.5) is 0 Å². The average molecular weight is 790 g/mol. The molecule has 0 aliphatic heterocycles. The molecule has 0 radical (unpaired) electrons. The minimum absolute atomic E-state index is 0.0638. The minimum Gasteiger partial charge on any atom is -0.462 e. The summed E-state index contributed by atoms with van der Waals surface area (Å²) in [7, 11) is 0. The maximum Gasteiger partial charge on any atom is 0.306 e. The number of amides is 1. The Morgan fingerprint density at radius 1 is 0.500 bits per heavy atom. The second-order valence-electron chi connectivity index (χ2n) is 16.9. The van der Waals surface area contributed by atoms with Crippen molar-refractivity contribution in [1.82, 2.24) is 5.32 Å². The molecule has 0 saturated carbocycles. The molecule has 0 spiro atoms. The van der Waals surface area contributed by atoms with Gasteiger partial charge in [0.2, 0.25) is 5.91 Å². The van der Waals surface area contributed by atoms with Crippen LogP contribution in [0, 0.1) is 0 Å². The Morgan fingerprint density at radius 3 is 1.34 bits per heavy atom. The zero-order valence-corrected chi connectivity index (χ0v) is 37.5. The van der Waals surface area contributed by atoms with E-state index >= 15 is 0 Å². The number of aliphatic hydroxyl groups excluding tert-OH is 2. The van der Waals surface area contributed by atoms with Crippen LogP contribution in [0.1, 0.15) is 258 Å². The molecule has 0 fully saturated rings. The van der Waals surface area contributed by atoms with E-state index < -0.39 is 18.2 Å². The van der Waals surface area contributed by atoms with Crippen LogP contribution < -0.4 is 5.32 Å². The third kappa shape index (κ3) is 39.2. The number of carbonyl (C=O) groups is 2. The zero-order chi connectivity index (χ0) is 41.0. The van der Waals surface area contributed by atoms with Gasteiger partial charge in [-0.05, 0) is 70.6 Å². The standard InChI is InChI=1S/C50H95NO5/c1-4-7-10-13-16-19-21-23-25-27-30-33-36-39-42-48(53)47(45-52)51-49(54)44-46(41-38-35-32-29-18-15-12-9-6-3)56-50(55)43-40-37-34-31-28-26-24-22-20-17-14-11-8-5-2/h15,18,26,28,46-48,52-53H,4-14,16-17,19-25,27,29-45H2,1-3H3,(H,51,54)/b18-15-,28-26-. The normalized spacial score (nSPS) is 13.4. The molecule has 1 amide bonds. The second kappa shape index (κ2) is 44.4. The molecule has 3 atom stereocenters. The summed E-state index contributed by atoms with van der Waals surface area (Å²) in [5.41, 5.74) is 0. The van der Waals surface area contributed by atoms with Crippen LogP contribution in [0.15, 0.2) is 24.3 Å². The van der Waals surface area contributed by atoms with Gasteiger partial charge in [0.25, 0.3) is 0 Å². The van der Waals surface area contributed by atoms with E-state index in [0.29, 0.717) is 19.3 Å². The van der Waals surface area contributed by atoms with Crippen molar-refractivity contribution in [3.05, 3.63) is 24.3 Å². The average Bonchev–Trinajstić information content (AvgIpc) is 3.19. The Balaban J connectivity index is 4.49. The van der Waals surface area contributed by atoms with Crippen molar-refractivity contribution in [3.63, 3.8) is 0 Å². The first-order valence-corrected chi connectivity index (χ1v) is 24.6. The van der Waals surface area contributed by atoms with Gasteiger partial charge < -0.3 is 20.3 Å². The molecular weight excluding hydrogens is 695 g/mol. The van der Waals surface area contributed by atoms with Crippen molar-refractivity contribution in [1.29, 1.82) is 0 Å². The summed E-state index contributed by atoms with van der Waals surface area (Å²) in [5, 5.41) is 23.7. The summed E-state index contributed by atoms with van der Waals surface area (Å²) >= 11 is 0. The number of allylic oxidation sites excluding steroid dienone is 4. The van der Waals surface area contributed by atoms with Crippen molar-refractivity contribution < 1.29 is 24.5 Å². The lowest BCUT2D eigenvalue weighted by Crippen LogP contribution is -2.46. The van der Waals surface area contributed by atoms with Gasteiger partial charge in [-0.2, -0.15) is 0 Å². The van der Waals surface area contributed by atoms with Crippen LogP contribution >= 0.6 is 0 Å². The van der Waals surface area contributed by atoms with E-state index in [1.165, 1.54) is 141 Å². The Morgan fingerprint density at radius 2 is 0.875 bits per heavy atom. The summed E-state index contributed by atoms with van der Waals surface area (Å²) in [6.45, 7) is 6.43. The van der Waals surface area contributed by atoms with Crippen molar-refractivity contribution >= 4 is 11.9 Å². The molecule has 0 aliphatic rings. The van der Waals surface area contributed by atoms with Crippen molar-refractivity contribution in [2.24, 2.45) is 0 Å². The first kappa shape index (κ1) is 54.3. The van der Waals surface area contributed by atoms with Crippen molar-refractivity contribution in [2.45, 2.75) is 277 Å². The molecule has 0 rings (SSSR count). The van der Waals surface area contributed by atoms with Gasteiger partial charge in [-0.25, -0.2) is 0 Å². The highest BCUT2D eigenvalue weighted by Crippen LogP contribution is 2.17. The first-order valence-electron chi connectivity index (χ1n) is 24.6. The lowest BCUT2D eigenvalue weighted by Gasteiger charge is -2.24. The number of aliphatic hydroxyl groups is 2. The lowest BCUT2D eigenvalue weighted by molar-refractivity contribution is -0.151. The Bertz CT molecular complexity index is 889. The van der Waals surface area contributed by atoms with E-state index in [9.17, 15) is 19.8 Å². The highest BCUT2D eigenvalue weighted by molar-refractivity contribution is 5.77. The van der Waals surface area contributed by atoms with E-state index in [-0.39, 0.29) is 24.9 Å². The van der Waals surface area contributed by atoms with Gasteiger partial charge in [0.1, 0.15) is 6.10 Å². The van der Waals surface area contributed by atoms with Gasteiger partial charge in [-0.1, -0.05) is 199 Å². The third-order valence-corrected chi connectivity index (χ3v) is 11.3. The van der Waals surface area contributed by atoms with Crippen molar-refractivity contribution in [3.8, 4) is 0 Å². The monoisotopic (exact) mass is 790 g/mol. The van der Waals surface area contributed by atoms with Gasteiger partial charge in [0.05, 0.1) is 25.2 Å². The molecule has 0 aliphatic carbocycles. The van der Waals surface area contributed by atoms with Crippen molar-refractivity contribution in [2.75, 3.05) is 6.61 Å². The SMILES string of the molecule is CCCC/C=C\CCCCCC(CC(=O)NC(CO)C(O)CCCCCCCCCCCCCCCC)OC(=O)CCCCC/C=C\CCCCCCCCC. The molecule has 3 N–H and O–H groups in total. The molecule has 6 heteroatoms. The van der Waals surface area contributed by atoms with Crippen LogP contribution in [-0.2, 0) is 14.3 Å². The third-order valence-electron chi connectivity index (χ3n) is 11.3. The molecule has 6 nitrogen and oxygen atoms in total. The minimum atomic E-state index is -0.789. The maximum absolute atomic E-state index is 13.1. The van der Waals surface area contributed by atoms with E-state index in [0.717, 1.165) is 70.6 Å². The molecule has 56 heavy (non-hydrogen) atoms.